The van der Waals surface area contributed by atoms with Gasteiger partial charge in [0, 0.05) is 0 Å². The number of hydrogen-bond acceptors (Lipinski definition) is 0. The molecular formula is C16H36Zr. The Labute approximate surface area is 115 Å². The maximum atomic E-state index is 2.58. The quantitative estimate of drug-likeness (QED) is 0.451. The summed E-state index contributed by atoms with van der Waals surface area (Å²) in [4.78, 5) is 0. The van der Waals surface area contributed by atoms with Crippen LogP contribution in [0, 0.1) is 0 Å². The molecule has 0 amide bonds. The molecule has 0 aromatic carbocycles. The van der Waals surface area contributed by atoms with Gasteiger partial charge in [0.2, 0.25) is 0 Å². The van der Waals surface area contributed by atoms with E-state index in [-0.39, 0.29) is 0 Å². The van der Waals surface area contributed by atoms with E-state index < -0.39 is 20.3 Å². The topological polar surface area (TPSA) is 0 Å². The van der Waals surface area contributed by atoms with Crippen LogP contribution in [0.25, 0.3) is 0 Å². The predicted molar refractivity (Wildman–Crippen MR) is 78.9 cm³/mol. The number of hydrogen-bond donors (Lipinski definition) is 0. The fourth-order valence-electron chi connectivity index (χ4n) is 4.33. The summed E-state index contributed by atoms with van der Waals surface area (Å²) in [5.74, 6) is 0. The molecule has 0 aromatic rings. The van der Waals surface area contributed by atoms with Crippen LogP contribution in [0.4, 0.5) is 0 Å². The van der Waals surface area contributed by atoms with Crippen molar-refractivity contribution in [2.75, 3.05) is 0 Å². The van der Waals surface area contributed by atoms with E-state index in [1.165, 1.54) is 25.7 Å². The molecule has 0 saturated heterocycles. The summed E-state index contributed by atoms with van der Waals surface area (Å²) in [6.45, 7) is 20.0. The first kappa shape index (κ1) is 17.9. The molecule has 0 rings (SSSR count). The Morgan fingerprint density at radius 3 is 0.824 bits per heavy atom. The van der Waals surface area contributed by atoms with Crippen molar-refractivity contribution in [1.29, 1.82) is 0 Å². The first-order valence-electron chi connectivity index (χ1n) is 7.93. The SMILES string of the molecule is CC[CH](C)[Zr]([CH](C)CC)([CH](C)CC)[CH](C)CC. The van der Waals surface area contributed by atoms with Crippen LogP contribution >= 0.6 is 0 Å². The van der Waals surface area contributed by atoms with Crippen LogP contribution in [-0.2, 0) is 20.3 Å². The molecule has 0 aromatic heterocycles. The van der Waals surface area contributed by atoms with Crippen LogP contribution < -0.4 is 0 Å². The molecule has 0 fully saturated rings. The summed E-state index contributed by atoms with van der Waals surface area (Å²) in [5.41, 5.74) is 0. The van der Waals surface area contributed by atoms with Crippen molar-refractivity contribution in [2.24, 2.45) is 0 Å². The van der Waals surface area contributed by atoms with Crippen LogP contribution in [0.2, 0.25) is 14.5 Å². The first-order chi connectivity index (χ1) is 7.93. The van der Waals surface area contributed by atoms with Crippen molar-refractivity contribution in [3.05, 3.63) is 0 Å². The molecule has 0 N–H and O–H groups in total. The fourth-order valence-corrected chi connectivity index (χ4v) is 25.6. The van der Waals surface area contributed by atoms with Crippen molar-refractivity contribution in [1.82, 2.24) is 0 Å². The molecule has 0 spiro atoms. The van der Waals surface area contributed by atoms with Gasteiger partial charge in [-0.3, -0.25) is 0 Å². The molecule has 0 aliphatic carbocycles. The Kier molecular flexibility index (Phi) is 8.56. The van der Waals surface area contributed by atoms with Gasteiger partial charge in [0.05, 0.1) is 0 Å². The molecule has 0 aliphatic heterocycles. The van der Waals surface area contributed by atoms with Gasteiger partial charge in [0.1, 0.15) is 0 Å². The monoisotopic (exact) mass is 318 g/mol. The Bertz CT molecular complexity index is 154. The van der Waals surface area contributed by atoms with Gasteiger partial charge in [-0.15, -0.1) is 0 Å². The van der Waals surface area contributed by atoms with Crippen LogP contribution in [0.5, 0.6) is 0 Å². The fraction of sp³-hybridized carbons (Fsp3) is 1.00. The Morgan fingerprint density at radius 2 is 0.706 bits per heavy atom. The molecular weight excluding hydrogens is 283 g/mol. The second kappa shape index (κ2) is 8.13. The van der Waals surface area contributed by atoms with Crippen LogP contribution in [0.3, 0.4) is 0 Å². The zero-order chi connectivity index (χ0) is 13.6. The average molecular weight is 320 g/mol. The van der Waals surface area contributed by atoms with Crippen molar-refractivity contribution in [2.45, 2.75) is 95.6 Å². The molecule has 0 nitrogen and oxygen atoms in total. The average Bonchev–Trinajstić information content (AvgIpc) is 2.37. The third kappa shape index (κ3) is 3.46. The minimum atomic E-state index is -2.10. The predicted octanol–water partition coefficient (Wildman–Crippen LogP) is 7.01. The summed E-state index contributed by atoms with van der Waals surface area (Å²) in [6, 6.07) is 0. The van der Waals surface area contributed by atoms with Crippen molar-refractivity contribution >= 4 is 0 Å². The van der Waals surface area contributed by atoms with Gasteiger partial charge in [-0.2, -0.15) is 0 Å². The van der Waals surface area contributed by atoms with Gasteiger partial charge in [0.15, 0.2) is 0 Å². The molecule has 104 valence electrons. The second-order valence-electron chi connectivity index (χ2n) is 6.24. The van der Waals surface area contributed by atoms with E-state index in [0.717, 1.165) is 14.5 Å². The van der Waals surface area contributed by atoms with Crippen LogP contribution in [0.1, 0.15) is 81.1 Å². The second-order valence-corrected chi connectivity index (χ2v) is 20.8. The van der Waals surface area contributed by atoms with Gasteiger partial charge in [-0.1, -0.05) is 0 Å². The van der Waals surface area contributed by atoms with E-state index in [4.69, 9.17) is 0 Å². The van der Waals surface area contributed by atoms with Gasteiger partial charge >= 0.3 is 116 Å². The van der Waals surface area contributed by atoms with Gasteiger partial charge < -0.3 is 0 Å². The van der Waals surface area contributed by atoms with Crippen molar-refractivity contribution in [3.63, 3.8) is 0 Å². The number of rotatable bonds is 8. The minimum absolute atomic E-state index is 1.05. The Hall–Kier alpha value is 0.883. The zero-order valence-corrected chi connectivity index (χ0v) is 16.1. The van der Waals surface area contributed by atoms with Gasteiger partial charge in [-0.05, 0) is 0 Å². The maximum absolute atomic E-state index is 2.58. The molecule has 0 aliphatic rings. The van der Waals surface area contributed by atoms with E-state index in [0.29, 0.717) is 0 Å². The summed E-state index contributed by atoms with van der Waals surface area (Å²) < 4.78 is 4.18. The first-order valence-corrected chi connectivity index (χ1v) is 13.6. The van der Waals surface area contributed by atoms with Crippen LogP contribution in [-0.4, -0.2) is 0 Å². The van der Waals surface area contributed by atoms with E-state index >= 15 is 0 Å². The molecule has 0 bridgehead atoms. The van der Waals surface area contributed by atoms with E-state index in [9.17, 15) is 0 Å². The summed E-state index contributed by atoms with van der Waals surface area (Å²) in [6.07, 6.45) is 5.65. The van der Waals surface area contributed by atoms with E-state index in [1.54, 1.807) is 0 Å². The molecule has 17 heavy (non-hydrogen) atoms. The zero-order valence-electron chi connectivity index (χ0n) is 13.6. The van der Waals surface area contributed by atoms with E-state index in [1.807, 2.05) is 0 Å². The summed E-state index contributed by atoms with van der Waals surface area (Å²) in [7, 11) is 0. The molecule has 0 heterocycles. The summed E-state index contributed by atoms with van der Waals surface area (Å²) >= 11 is -2.10. The van der Waals surface area contributed by atoms with E-state index in [2.05, 4.69) is 55.4 Å². The van der Waals surface area contributed by atoms with Crippen molar-refractivity contribution < 1.29 is 20.3 Å². The molecule has 0 saturated carbocycles. The summed E-state index contributed by atoms with van der Waals surface area (Å²) in [5, 5.41) is 0. The standard InChI is InChI=1S/4C4H9.Zr/c4*1-3-4-2;/h4*3H,4H2,1-2H3;. The van der Waals surface area contributed by atoms with Crippen molar-refractivity contribution in [3.8, 4) is 0 Å². The normalized spacial score (nSPS) is 22.6. The molecule has 4 atom stereocenters. The third-order valence-electron chi connectivity index (χ3n) is 5.86. The molecule has 4 unspecified atom stereocenters. The third-order valence-corrected chi connectivity index (χ3v) is 26.7. The van der Waals surface area contributed by atoms with Gasteiger partial charge in [-0.25, -0.2) is 0 Å². The Balaban J connectivity index is 5.51. The van der Waals surface area contributed by atoms with Gasteiger partial charge in [0.25, 0.3) is 0 Å². The molecule has 1 heteroatoms. The van der Waals surface area contributed by atoms with Crippen LogP contribution in [0.15, 0.2) is 0 Å². The molecule has 0 radical (unpaired) electrons. The Morgan fingerprint density at radius 1 is 0.529 bits per heavy atom.